The van der Waals surface area contributed by atoms with Crippen LogP contribution in [0.4, 0.5) is 0 Å². The average molecular weight is 396 g/mol. The van der Waals surface area contributed by atoms with Gasteiger partial charge in [0.2, 0.25) is 5.91 Å². The molecule has 9 nitrogen and oxygen atoms in total. The van der Waals surface area contributed by atoms with Gasteiger partial charge in [0.1, 0.15) is 0 Å². The maximum Gasteiger partial charge on any atom is 0.290 e. The number of hydrazine groups is 1. The normalized spacial score (nSPS) is 10.4. The van der Waals surface area contributed by atoms with Gasteiger partial charge in [-0.1, -0.05) is 24.3 Å². The molecule has 1 heterocycles. The van der Waals surface area contributed by atoms with Crippen molar-refractivity contribution in [3.05, 3.63) is 64.1 Å². The first-order valence-electron chi connectivity index (χ1n) is 8.81. The Labute approximate surface area is 166 Å². The van der Waals surface area contributed by atoms with Gasteiger partial charge in [0.15, 0.2) is 17.2 Å². The average Bonchev–Trinajstić information content (AvgIpc) is 2.76. The number of H-pyrrole nitrogens is 1. The molecule has 1 aromatic heterocycles. The lowest BCUT2D eigenvalue weighted by Gasteiger charge is -2.10. The number of aromatic amines is 1. The molecule has 0 bridgehead atoms. The number of hydrogen-bond acceptors (Lipinski definition) is 6. The van der Waals surface area contributed by atoms with E-state index in [9.17, 15) is 14.4 Å². The van der Waals surface area contributed by atoms with E-state index in [0.717, 1.165) is 5.56 Å². The van der Waals surface area contributed by atoms with Gasteiger partial charge in [-0.3, -0.25) is 25.2 Å². The van der Waals surface area contributed by atoms with Gasteiger partial charge >= 0.3 is 0 Å². The molecule has 0 spiro atoms. The maximum absolute atomic E-state index is 12.4. The number of fused-ring (bicyclic) bond motifs is 1. The molecule has 0 saturated heterocycles. The van der Waals surface area contributed by atoms with Crippen LogP contribution in [0.5, 0.6) is 11.5 Å². The minimum Gasteiger partial charge on any atom is -0.493 e. The molecule has 2 amide bonds. The van der Waals surface area contributed by atoms with Gasteiger partial charge in [-0.05, 0) is 30.2 Å². The van der Waals surface area contributed by atoms with E-state index in [1.165, 1.54) is 0 Å². The van der Waals surface area contributed by atoms with Crippen molar-refractivity contribution < 1.29 is 19.1 Å². The zero-order chi connectivity index (χ0) is 20.8. The molecule has 3 N–H and O–H groups in total. The van der Waals surface area contributed by atoms with Crippen molar-refractivity contribution in [2.45, 2.75) is 12.8 Å². The van der Waals surface area contributed by atoms with Crippen molar-refractivity contribution in [3.63, 3.8) is 0 Å². The van der Waals surface area contributed by atoms with Crippen molar-refractivity contribution in [1.29, 1.82) is 0 Å². The van der Waals surface area contributed by atoms with Crippen LogP contribution in [0, 0.1) is 0 Å². The number of nitrogens with zero attached hydrogens (tertiary/aromatic N) is 1. The molecule has 0 aliphatic rings. The predicted molar refractivity (Wildman–Crippen MR) is 106 cm³/mol. The monoisotopic (exact) mass is 396 g/mol. The van der Waals surface area contributed by atoms with Gasteiger partial charge in [0, 0.05) is 11.8 Å². The Morgan fingerprint density at radius 3 is 2.45 bits per heavy atom. The zero-order valence-corrected chi connectivity index (χ0v) is 15.9. The zero-order valence-electron chi connectivity index (χ0n) is 15.9. The smallest absolute Gasteiger partial charge is 0.290 e. The van der Waals surface area contributed by atoms with Crippen LogP contribution in [-0.4, -0.2) is 36.2 Å². The third-order valence-corrected chi connectivity index (χ3v) is 4.32. The van der Waals surface area contributed by atoms with Crippen LogP contribution in [0.3, 0.4) is 0 Å². The molecule has 3 rings (SSSR count). The Bertz CT molecular complexity index is 1110. The second-order valence-electron chi connectivity index (χ2n) is 6.14. The predicted octanol–water partition coefficient (Wildman–Crippen LogP) is 1.33. The summed E-state index contributed by atoms with van der Waals surface area (Å²) in [6.45, 7) is 0. The lowest BCUT2D eigenvalue weighted by molar-refractivity contribution is -0.121. The van der Waals surface area contributed by atoms with Crippen molar-refractivity contribution in [2.24, 2.45) is 0 Å². The highest BCUT2D eigenvalue weighted by Crippen LogP contribution is 2.27. The lowest BCUT2D eigenvalue weighted by atomic mass is 10.1. The fourth-order valence-corrected chi connectivity index (χ4v) is 2.83. The molecule has 3 aromatic rings. The number of aryl methyl sites for hydroxylation is 1. The molecule has 9 heteroatoms. The standard InChI is InChI=1S/C20H20N4O5/c1-28-15-9-7-12(11-16(15)29-2)8-10-17(25)21-24-20(27)18-13-5-3-4-6-14(13)19(26)23-22-18/h3-7,9,11H,8,10H2,1-2H3,(H,21,25)(H,23,26)(H,24,27). The largest absolute Gasteiger partial charge is 0.493 e. The molecule has 29 heavy (non-hydrogen) atoms. The summed E-state index contributed by atoms with van der Waals surface area (Å²) in [6, 6.07) is 12.0. The Morgan fingerprint density at radius 1 is 1.00 bits per heavy atom. The van der Waals surface area contributed by atoms with E-state index in [-0.39, 0.29) is 18.0 Å². The molecule has 2 aromatic carbocycles. The number of nitrogens with one attached hydrogen (secondary N) is 3. The molecule has 0 unspecified atom stereocenters. The lowest BCUT2D eigenvalue weighted by Crippen LogP contribution is -2.42. The molecule has 0 aliphatic heterocycles. The van der Waals surface area contributed by atoms with E-state index in [1.54, 1.807) is 50.6 Å². The van der Waals surface area contributed by atoms with Crippen LogP contribution in [0.2, 0.25) is 0 Å². The van der Waals surface area contributed by atoms with Crippen LogP contribution in [-0.2, 0) is 11.2 Å². The second-order valence-corrected chi connectivity index (χ2v) is 6.14. The SMILES string of the molecule is COc1ccc(CCC(=O)NNC(=O)c2n[nH]c(=O)c3ccccc23)cc1OC. The summed E-state index contributed by atoms with van der Waals surface area (Å²) in [5.74, 6) is 0.183. The number of ether oxygens (including phenoxy) is 2. The van der Waals surface area contributed by atoms with E-state index in [2.05, 4.69) is 21.0 Å². The van der Waals surface area contributed by atoms with Gasteiger partial charge in [-0.15, -0.1) is 0 Å². The van der Waals surface area contributed by atoms with Crippen LogP contribution in [0.15, 0.2) is 47.3 Å². The first-order chi connectivity index (χ1) is 14.0. The van der Waals surface area contributed by atoms with Crippen LogP contribution in [0.1, 0.15) is 22.5 Å². The Hall–Kier alpha value is -3.88. The molecule has 0 saturated carbocycles. The molecular weight excluding hydrogens is 376 g/mol. The summed E-state index contributed by atoms with van der Waals surface area (Å²) in [5.41, 5.74) is 5.18. The third kappa shape index (κ3) is 4.52. The van der Waals surface area contributed by atoms with E-state index in [1.807, 2.05) is 6.07 Å². The molecular formula is C20H20N4O5. The van der Waals surface area contributed by atoms with Crippen molar-refractivity contribution in [3.8, 4) is 11.5 Å². The Balaban J connectivity index is 1.59. The fraction of sp³-hybridized carbons (Fsp3) is 0.200. The molecule has 0 radical (unpaired) electrons. The minimum absolute atomic E-state index is 0.0143. The van der Waals surface area contributed by atoms with E-state index >= 15 is 0 Å². The number of rotatable bonds is 6. The molecule has 0 fully saturated rings. The Kier molecular flexibility index (Phi) is 6.08. The fourth-order valence-electron chi connectivity index (χ4n) is 2.83. The number of methoxy groups -OCH3 is 2. The first kappa shape index (κ1) is 19.9. The second kappa shape index (κ2) is 8.87. The highest BCUT2D eigenvalue weighted by Gasteiger charge is 2.15. The van der Waals surface area contributed by atoms with Crippen LogP contribution >= 0.6 is 0 Å². The number of amides is 2. The molecule has 0 atom stereocenters. The Morgan fingerprint density at radius 2 is 1.72 bits per heavy atom. The molecule has 150 valence electrons. The van der Waals surface area contributed by atoms with E-state index < -0.39 is 11.5 Å². The maximum atomic E-state index is 12.4. The van der Waals surface area contributed by atoms with Crippen LogP contribution in [0.25, 0.3) is 10.8 Å². The summed E-state index contributed by atoms with van der Waals surface area (Å²) >= 11 is 0. The van der Waals surface area contributed by atoms with Gasteiger partial charge in [0.05, 0.1) is 19.6 Å². The van der Waals surface area contributed by atoms with E-state index in [4.69, 9.17) is 9.47 Å². The topological polar surface area (TPSA) is 122 Å². The van der Waals surface area contributed by atoms with Gasteiger partial charge in [0.25, 0.3) is 11.5 Å². The summed E-state index contributed by atoms with van der Waals surface area (Å²) in [5, 5.41) is 6.80. The van der Waals surface area contributed by atoms with Gasteiger partial charge in [-0.2, -0.15) is 5.10 Å². The minimum atomic E-state index is -0.628. The summed E-state index contributed by atoms with van der Waals surface area (Å²) in [4.78, 5) is 36.2. The summed E-state index contributed by atoms with van der Waals surface area (Å²) in [7, 11) is 3.09. The first-order valence-corrected chi connectivity index (χ1v) is 8.81. The van der Waals surface area contributed by atoms with Crippen molar-refractivity contribution in [2.75, 3.05) is 14.2 Å². The highest BCUT2D eigenvalue weighted by molar-refractivity contribution is 6.05. The number of carbonyl (C=O) groups is 2. The van der Waals surface area contributed by atoms with Gasteiger partial charge < -0.3 is 9.47 Å². The highest BCUT2D eigenvalue weighted by atomic mass is 16.5. The van der Waals surface area contributed by atoms with Crippen LogP contribution < -0.4 is 25.9 Å². The number of aromatic nitrogens is 2. The number of hydrogen-bond donors (Lipinski definition) is 3. The third-order valence-electron chi connectivity index (χ3n) is 4.32. The summed E-state index contributed by atoms with van der Waals surface area (Å²) < 4.78 is 10.4. The molecule has 0 aliphatic carbocycles. The van der Waals surface area contributed by atoms with Gasteiger partial charge in [-0.25, -0.2) is 5.10 Å². The van der Waals surface area contributed by atoms with E-state index in [0.29, 0.717) is 28.7 Å². The number of carbonyl (C=O) groups excluding carboxylic acids is 2. The van der Waals surface area contributed by atoms with Crippen molar-refractivity contribution >= 4 is 22.6 Å². The quantitative estimate of drug-likeness (QED) is 0.541. The summed E-state index contributed by atoms with van der Waals surface area (Å²) in [6.07, 6.45) is 0.595. The number of benzene rings is 2. The van der Waals surface area contributed by atoms with Crippen molar-refractivity contribution in [1.82, 2.24) is 21.0 Å².